The lowest BCUT2D eigenvalue weighted by molar-refractivity contribution is 0.603. The van der Waals surface area contributed by atoms with Gasteiger partial charge in [-0.1, -0.05) is 57.0 Å². The molecule has 0 heterocycles. The molecule has 1 aromatic rings. The van der Waals surface area contributed by atoms with E-state index in [1.165, 1.54) is 44.9 Å². The van der Waals surface area contributed by atoms with Gasteiger partial charge in [0.2, 0.25) is 0 Å². The quantitative estimate of drug-likeness (QED) is 0.354. The zero-order valence-electron chi connectivity index (χ0n) is 11.3. The number of anilines is 1. The Balaban J connectivity index is 2.07. The average molecular weight is 286 g/mol. The zero-order chi connectivity index (χ0) is 13.2. The Bertz CT molecular complexity index is 341. The molecule has 1 rings (SSSR count). The molecule has 0 atom stereocenters. The Labute approximate surface area is 120 Å². The average Bonchev–Trinajstić information content (AvgIpc) is 2.35. The minimum Gasteiger partial charge on any atom is -0.398 e. The summed E-state index contributed by atoms with van der Waals surface area (Å²) in [5, 5.41) is 0.716. The van der Waals surface area contributed by atoms with Crippen molar-refractivity contribution in [3.63, 3.8) is 0 Å². The van der Waals surface area contributed by atoms with Crippen LogP contribution in [-0.2, 0) is 0 Å². The van der Waals surface area contributed by atoms with E-state index in [0.717, 1.165) is 16.3 Å². The van der Waals surface area contributed by atoms with Crippen molar-refractivity contribution in [1.29, 1.82) is 0 Å². The first-order valence-corrected chi connectivity index (χ1v) is 8.28. The number of hydrogen-bond donors (Lipinski definition) is 1. The minimum atomic E-state index is 0.716. The zero-order valence-corrected chi connectivity index (χ0v) is 12.8. The summed E-state index contributed by atoms with van der Waals surface area (Å²) in [5.74, 6) is 1.15. The van der Waals surface area contributed by atoms with Gasteiger partial charge in [-0.15, -0.1) is 11.8 Å². The molecule has 18 heavy (non-hydrogen) atoms. The van der Waals surface area contributed by atoms with Crippen molar-refractivity contribution in [3.8, 4) is 0 Å². The number of thioether (sulfide) groups is 1. The molecule has 0 amide bonds. The lowest BCUT2D eigenvalue weighted by Gasteiger charge is -2.05. The van der Waals surface area contributed by atoms with E-state index in [0.29, 0.717) is 5.02 Å². The molecule has 0 spiro atoms. The molecule has 0 aromatic heterocycles. The van der Waals surface area contributed by atoms with Gasteiger partial charge in [0.25, 0.3) is 0 Å². The van der Waals surface area contributed by atoms with Gasteiger partial charge >= 0.3 is 0 Å². The highest BCUT2D eigenvalue weighted by atomic mass is 35.5. The van der Waals surface area contributed by atoms with Crippen molar-refractivity contribution in [2.45, 2.75) is 56.8 Å². The Morgan fingerprint density at radius 2 is 1.72 bits per heavy atom. The van der Waals surface area contributed by atoms with Gasteiger partial charge in [0.15, 0.2) is 0 Å². The van der Waals surface area contributed by atoms with Crippen LogP contribution in [0.3, 0.4) is 0 Å². The van der Waals surface area contributed by atoms with E-state index < -0.39 is 0 Å². The molecule has 0 aliphatic carbocycles. The van der Waals surface area contributed by atoms with Gasteiger partial charge in [-0.25, -0.2) is 0 Å². The first-order valence-electron chi connectivity index (χ1n) is 6.92. The summed E-state index contributed by atoms with van der Waals surface area (Å²) in [5.41, 5.74) is 6.71. The highest BCUT2D eigenvalue weighted by Crippen LogP contribution is 2.28. The van der Waals surface area contributed by atoms with Crippen LogP contribution in [0.4, 0.5) is 5.69 Å². The summed E-state index contributed by atoms with van der Waals surface area (Å²) in [7, 11) is 0. The molecule has 0 saturated heterocycles. The molecule has 0 unspecified atom stereocenters. The Morgan fingerprint density at radius 1 is 1.06 bits per heavy atom. The third-order valence-electron chi connectivity index (χ3n) is 2.98. The summed E-state index contributed by atoms with van der Waals surface area (Å²) >= 11 is 7.71. The standard InChI is InChI=1S/C15H24ClNS/c1-2-3-4-5-6-7-8-11-18-15-10-9-13(16)12-14(15)17/h9-10,12H,2-8,11,17H2,1H3. The predicted molar refractivity (Wildman–Crippen MR) is 84.6 cm³/mol. The van der Waals surface area contributed by atoms with Gasteiger partial charge in [-0.2, -0.15) is 0 Å². The molecule has 0 fully saturated rings. The van der Waals surface area contributed by atoms with E-state index in [9.17, 15) is 0 Å². The monoisotopic (exact) mass is 285 g/mol. The van der Waals surface area contributed by atoms with Crippen LogP contribution < -0.4 is 5.73 Å². The first kappa shape index (κ1) is 15.7. The largest absolute Gasteiger partial charge is 0.398 e. The second-order valence-electron chi connectivity index (χ2n) is 4.65. The second kappa shape index (κ2) is 9.57. The molecule has 0 bridgehead atoms. The van der Waals surface area contributed by atoms with Crippen LogP contribution in [0.15, 0.2) is 23.1 Å². The summed E-state index contributed by atoms with van der Waals surface area (Å²) in [6.07, 6.45) is 9.48. The molecule has 0 radical (unpaired) electrons. The van der Waals surface area contributed by atoms with E-state index in [4.69, 9.17) is 17.3 Å². The van der Waals surface area contributed by atoms with Crippen LogP contribution in [0.25, 0.3) is 0 Å². The molecule has 1 nitrogen and oxygen atoms in total. The molecular weight excluding hydrogens is 262 g/mol. The van der Waals surface area contributed by atoms with Gasteiger partial charge in [0, 0.05) is 15.6 Å². The van der Waals surface area contributed by atoms with E-state index >= 15 is 0 Å². The van der Waals surface area contributed by atoms with Crippen LogP contribution in [0.2, 0.25) is 5.02 Å². The van der Waals surface area contributed by atoms with Crippen molar-refractivity contribution in [3.05, 3.63) is 23.2 Å². The maximum atomic E-state index is 5.91. The van der Waals surface area contributed by atoms with Crippen LogP contribution in [-0.4, -0.2) is 5.75 Å². The first-order chi connectivity index (χ1) is 8.74. The maximum absolute atomic E-state index is 5.91. The van der Waals surface area contributed by atoms with Crippen molar-refractivity contribution in [2.24, 2.45) is 0 Å². The number of rotatable bonds is 9. The smallest absolute Gasteiger partial charge is 0.0467 e. The fraction of sp³-hybridized carbons (Fsp3) is 0.600. The molecular formula is C15H24ClNS. The summed E-state index contributed by atoms with van der Waals surface area (Å²) in [6, 6.07) is 5.75. The van der Waals surface area contributed by atoms with E-state index in [1.807, 2.05) is 30.0 Å². The van der Waals surface area contributed by atoms with E-state index in [2.05, 4.69) is 6.92 Å². The highest BCUT2D eigenvalue weighted by Gasteiger charge is 2.00. The van der Waals surface area contributed by atoms with Crippen LogP contribution in [0.5, 0.6) is 0 Å². The second-order valence-corrected chi connectivity index (χ2v) is 6.23. The molecule has 102 valence electrons. The van der Waals surface area contributed by atoms with Crippen molar-refractivity contribution < 1.29 is 0 Å². The van der Waals surface area contributed by atoms with E-state index in [1.54, 1.807) is 0 Å². The van der Waals surface area contributed by atoms with Crippen molar-refractivity contribution in [2.75, 3.05) is 11.5 Å². The number of nitrogen functional groups attached to an aromatic ring is 1. The minimum absolute atomic E-state index is 0.716. The lowest BCUT2D eigenvalue weighted by Crippen LogP contribution is -1.89. The Kier molecular flexibility index (Phi) is 8.36. The molecule has 1 aromatic carbocycles. The lowest BCUT2D eigenvalue weighted by atomic mass is 10.1. The fourth-order valence-corrected chi connectivity index (χ4v) is 3.03. The van der Waals surface area contributed by atoms with Crippen LogP contribution in [0, 0.1) is 0 Å². The van der Waals surface area contributed by atoms with E-state index in [-0.39, 0.29) is 0 Å². The SMILES string of the molecule is CCCCCCCCCSc1ccc(Cl)cc1N. The van der Waals surface area contributed by atoms with Gasteiger partial charge in [-0.05, 0) is 30.4 Å². The number of benzene rings is 1. The normalized spacial score (nSPS) is 10.8. The molecule has 3 heteroatoms. The summed E-state index contributed by atoms with van der Waals surface area (Å²) < 4.78 is 0. The maximum Gasteiger partial charge on any atom is 0.0467 e. The number of halogens is 1. The number of unbranched alkanes of at least 4 members (excludes halogenated alkanes) is 6. The fourth-order valence-electron chi connectivity index (χ4n) is 1.89. The van der Waals surface area contributed by atoms with Crippen LogP contribution >= 0.6 is 23.4 Å². The topological polar surface area (TPSA) is 26.0 Å². The Hall–Kier alpha value is -0.340. The van der Waals surface area contributed by atoms with Crippen molar-refractivity contribution >= 4 is 29.1 Å². The molecule has 0 aliphatic rings. The summed E-state index contributed by atoms with van der Waals surface area (Å²) in [6.45, 7) is 2.26. The van der Waals surface area contributed by atoms with Gasteiger partial charge in [0.1, 0.15) is 0 Å². The van der Waals surface area contributed by atoms with Gasteiger partial charge in [0.05, 0.1) is 0 Å². The number of hydrogen-bond acceptors (Lipinski definition) is 2. The van der Waals surface area contributed by atoms with Crippen LogP contribution in [0.1, 0.15) is 51.9 Å². The number of nitrogens with two attached hydrogens (primary N) is 1. The molecule has 2 N–H and O–H groups in total. The third kappa shape index (κ3) is 6.55. The molecule has 0 aliphatic heterocycles. The third-order valence-corrected chi connectivity index (χ3v) is 4.39. The summed E-state index contributed by atoms with van der Waals surface area (Å²) in [4.78, 5) is 1.16. The highest BCUT2D eigenvalue weighted by molar-refractivity contribution is 7.99. The van der Waals surface area contributed by atoms with Crippen molar-refractivity contribution in [1.82, 2.24) is 0 Å². The van der Waals surface area contributed by atoms with Gasteiger partial charge in [-0.3, -0.25) is 0 Å². The van der Waals surface area contributed by atoms with Gasteiger partial charge < -0.3 is 5.73 Å². The molecule has 0 saturated carbocycles. The predicted octanol–water partition coefficient (Wildman–Crippen LogP) is 5.76. The Morgan fingerprint density at radius 3 is 2.39 bits per heavy atom.